The summed E-state index contributed by atoms with van der Waals surface area (Å²) in [7, 11) is 0. The van der Waals surface area contributed by atoms with Crippen LogP contribution in [0.3, 0.4) is 0 Å². The number of fused-ring (bicyclic) bond motifs is 11. The van der Waals surface area contributed by atoms with Crippen molar-refractivity contribution in [2.75, 3.05) is 4.90 Å². The van der Waals surface area contributed by atoms with E-state index in [1.165, 1.54) is 59.2 Å². The minimum absolute atomic E-state index is 0.0403. The number of furan rings is 1. The van der Waals surface area contributed by atoms with Crippen LogP contribution in [0.5, 0.6) is 0 Å². The van der Waals surface area contributed by atoms with Crippen LogP contribution in [0, 0.1) is 23.7 Å². The molecule has 2 saturated carbocycles. The summed E-state index contributed by atoms with van der Waals surface area (Å²) in [6.45, 7) is 5.05. The maximum absolute atomic E-state index is 6.44. The van der Waals surface area contributed by atoms with Gasteiger partial charge >= 0.3 is 0 Å². The van der Waals surface area contributed by atoms with Gasteiger partial charge < -0.3 is 9.32 Å². The van der Waals surface area contributed by atoms with Crippen molar-refractivity contribution in [2.45, 2.75) is 44.9 Å². The zero-order valence-electron chi connectivity index (χ0n) is 28.3. The van der Waals surface area contributed by atoms with Crippen LogP contribution in [-0.2, 0) is 5.41 Å². The van der Waals surface area contributed by atoms with Gasteiger partial charge in [0, 0.05) is 39.3 Å². The first-order valence-corrected chi connectivity index (χ1v) is 18.2. The van der Waals surface area contributed by atoms with Gasteiger partial charge in [-0.1, -0.05) is 105 Å². The topological polar surface area (TPSA) is 16.4 Å². The number of rotatable bonds is 4. The molecule has 2 fully saturated rings. The van der Waals surface area contributed by atoms with Gasteiger partial charge in [-0.15, -0.1) is 0 Å². The minimum atomic E-state index is 0.0403. The molecule has 49 heavy (non-hydrogen) atoms. The Labute approximate surface area is 289 Å². The molecule has 10 rings (SSSR count). The van der Waals surface area contributed by atoms with Crippen molar-refractivity contribution in [3.05, 3.63) is 151 Å². The zero-order valence-corrected chi connectivity index (χ0v) is 28.3. The predicted molar refractivity (Wildman–Crippen MR) is 204 cm³/mol. The molecule has 5 atom stereocenters. The summed E-state index contributed by atoms with van der Waals surface area (Å²) in [5.41, 5.74) is 13.7. The lowest BCUT2D eigenvalue weighted by Crippen LogP contribution is -2.49. The summed E-state index contributed by atoms with van der Waals surface area (Å²) in [4.78, 5) is 2.44. The van der Waals surface area contributed by atoms with E-state index >= 15 is 0 Å². The molecule has 3 aliphatic carbocycles. The van der Waals surface area contributed by atoms with Crippen LogP contribution < -0.4 is 4.90 Å². The smallest absolute Gasteiger partial charge is 0.137 e. The number of benzene rings is 6. The third-order valence-corrected chi connectivity index (χ3v) is 12.4. The largest absolute Gasteiger partial charge is 0.456 e. The monoisotopic (exact) mass is 635 g/mol. The lowest BCUT2D eigenvalue weighted by Gasteiger charge is -2.54. The minimum Gasteiger partial charge on any atom is -0.456 e. The molecule has 0 saturated heterocycles. The molecule has 2 heteroatoms. The first kappa shape index (κ1) is 28.9. The highest BCUT2D eigenvalue weighted by atomic mass is 16.3. The second-order valence-corrected chi connectivity index (χ2v) is 15.2. The Balaban J connectivity index is 1.17. The molecule has 1 heterocycles. The van der Waals surface area contributed by atoms with Crippen LogP contribution in [0.4, 0.5) is 17.1 Å². The lowest BCUT2D eigenvalue weighted by atomic mass is 9.49. The van der Waals surface area contributed by atoms with Crippen LogP contribution in [0.1, 0.15) is 50.7 Å². The average Bonchev–Trinajstić information content (AvgIpc) is 3.65. The SMILES string of the molecule is CC1CC2CC(C)C3(c4ccccc4-c4ccc(N(c5ccc(-c6ccccc6)cc5)c5ccc6c(c5)oc5ccccc56)cc43)C(C1)C2. The van der Waals surface area contributed by atoms with Gasteiger partial charge in [-0.25, -0.2) is 0 Å². The van der Waals surface area contributed by atoms with E-state index in [2.05, 4.69) is 152 Å². The van der Waals surface area contributed by atoms with Crippen molar-refractivity contribution >= 4 is 39.0 Å². The summed E-state index contributed by atoms with van der Waals surface area (Å²) in [5.74, 6) is 2.88. The van der Waals surface area contributed by atoms with Crippen LogP contribution in [0.2, 0.25) is 0 Å². The molecule has 6 aromatic carbocycles. The highest BCUT2D eigenvalue weighted by Crippen LogP contribution is 2.65. The Morgan fingerprint density at radius 2 is 1.20 bits per heavy atom. The maximum atomic E-state index is 6.44. The first-order valence-electron chi connectivity index (χ1n) is 18.2. The van der Waals surface area contributed by atoms with Crippen molar-refractivity contribution < 1.29 is 4.42 Å². The summed E-state index contributed by atoms with van der Waals surface area (Å²) in [5, 5.41) is 2.31. The molecule has 7 aromatic rings. The molecule has 2 nitrogen and oxygen atoms in total. The molecule has 2 bridgehead atoms. The number of hydrogen-bond acceptors (Lipinski definition) is 2. The summed E-state index contributed by atoms with van der Waals surface area (Å²) < 4.78 is 6.44. The van der Waals surface area contributed by atoms with Gasteiger partial charge in [0.15, 0.2) is 0 Å². The highest BCUT2D eigenvalue weighted by Gasteiger charge is 2.56. The van der Waals surface area contributed by atoms with E-state index < -0.39 is 0 Å². The zero-order chi connectivity index (χ0) is 32.7. The van der Waals surface area contributed by atoms with Crippen LogP contribution in [0.15, 0.2) is 144 Å². The molecule has 0 N–H and O–H groups in total. The molecule has 0 amide bonds. The normalized spacial score (nSPS) is 23.9. The summed E-state index contributed by atoms with van der Waals surface area (Å²) >= 11 is 0. The Kier molecular flexibility index (Phi) is 6.47. The predicted octanol–water partition coefficient (Wildman–Crippen LogP) is 13.1. The second-order valence-electron chi connectivity index (χ2n) is 15.2. The standard InChI is InChI=1S/C47H41NO/c1-30-24-32-26-31(2)47(35(25-30)27-32)43-14-8-6-12-39(43)40-22-20-37(28-44(40)47)48(36-18-16-34(17-19-36)33-10-4-3-5-11-33)38-21-23-42-41-13-7-9-15-45(41)49-46(42)29-38/h3-23,28-32,35H,24-27H2,1-2H3. The summed E-state index contributed by atoms with van der Waals surface area (Å²) in [6.07, 6.45) is 5.36. The van der Waals surface area contributed by atoms with E-state index in [1.807, 2.05) is 6.07 Å². The van der Waals surface area contributed by atoms with Crippen LogP contribution in [-0.4, -0.2) is 0 Å². The Bertz CT molecular complexity index is 2350. The summed E-state index contributed by atoms with van der Waals surface area (Å²) in [6, 6.07) is 51.5. The quantitative estimate of drug-likeness (QED) is 0.191. The van der Waals surface area contributed by atoms with Crippen molar-refractivity contribution in [1.82, 2.24) is 0 Å². The lowest BCUT2D eigenvalue weighted by molar-refractivity contribution is 0.0426. The van der Waals surface area contributed by atoms with Gasteiger partial charge in [0.1, 0.15) is 11.2 Å². The van der Waals surface area contributed by atoms with Crippen LogP contribution in [0.25, 0.3) is 44.2 Å². The molecule has 1 aromatic heterocycles. The fourth-order valence-corrected chi connectivity index (χ4v) is 10.6. The van der Waals surface area contributed by atoms with E-state index in [4.69, 9.17) is 4.42 Å². The van der Waals surface area contributed by atoms with Crippen LogP contribution >= 0.6 is 0 Å². The number of anilines is 3. The van der Waals surface area contributed by atoms with Crippen molar-refractivity contribution in [2.24, 2.45) is 23.7 Å². The first-order chi connectivity index (χ1) is 24.1. The molecule has 240 valence electrons. The number of nitrogens with zero attached hydrogens (tertiary/aromatic N) is 1. The van der Waals surface area contributed by atoms with Gasteiger partial charge in [-0.05, 0) is 125 Å². The van der Waals surface area contributed by atoms with Crippen molar-refractivity contribution in [3.8, 4) is 22.3 Å². The van der Waals surface area contributed by atoms with Gasteiger partial charge in [0.05, 0.1) is 0 Å². The van der Waals surface area contributed by atoms with Gasteiger partial charge in [0.2, 0.25) is 0 Å². The van der Waals surface area contributed by atoms with Gasteiger partial charge in [-0.3, -0.25) is 0 Å². The van der Waals surface area contributed by atoms with Gasteiger partial charge in [0.25, 0.3) is 0 Å². The highest BCUT2D eigenvalue weighted by molar-refractivity contribution is 6.06. The third kappa shape index (κ3) is 4.32. The second kappa shape index (κ2) is 11.0. The molecule has 5 unspecified atom stereocenters. The Hall–Kier alpha value is -5.08. The molecule has 0 aliphatic heterocycles. The van der Waals surface area contributed by atoms with E-state index in [9.17, 15) is 0 Å². The maximum Gasteiger partial charge on any atom is 0.137 e. The molecule has 0 radical (unpaired) electrons. The molecular weight excluding hydrogens is 595 g/mol. The Morgan fingerprint density at radius 3 is 2.08 bits per heavy atom. The average molecular weight is 636 g/mol. The number of hydrogen-bond donors (Lipinski definition) is 0. The van der Waals surface area contributed by atoms with Gasteiger partial charge in [-0.2, -0.15) is 0 Å². The number of para-hydroxylation sites is 1. The van der Waals surface area contributed by atoms with E-state index in [0.717, 1.165) is 45.1 Å². The fraction of sp³-hybridized carbons (Fsp3) is 0.234. The third-order valence-electron chi connectivity index (χ3n) is 12.4. The van der Waals surface area contributed by atoms with E-state index in [-0.39, 0.29) is 5.41 Å². The van der Waals surface area contributed by atoms with E-state index in [0.29, 0.717) is 11.8 Å². The fourth-order valence-electron chi connectivity index (χ4n) is 10.6. The van der Waals surface area contributed by atoms with Crippen molar-refractivity contribution in [1.29, 1.82) is 0 Å². The van der Waals surface area contributed by atoms with Crippen molar-refractivity contribution in [3.63, 3.8) is 0 Å². The molecule has 1 spiro atoms. The molecule has 3 aliphatic rings. The molecular formula is C47H41NO. The Morgan fingerprint density at radius 1 is 0.531 bits per heavy atom. The van der Waals surface area contributed by atoms with E-state index in [1.54, 1.807) is 5.56 Å².